The monoisotopic (exact) mass is 517 g/mol. The standard InChI is InChI=1S/C26H35N3O8/c1-4-35-23(32)20-21-26(37-25(34)28-21)13-17(30)10-11-19(26)29(20)22(31)18(12-15(2)3)27-24(33)36-14-16-8-6-5-7-9-16/h5-9,15,17-21,30H,4,10-14H2,1-3H3,(H,27,33)(H,28,34)/t17-,18-,19-,20-,21+,26-/m1/s1. The van der Waals surface area contributed by atoms with Crippen molar-refractivity contribution < 1.29 is 38.5 Å². The first kappa shape index (κ1) is 26.7. The molecular formula is C26H35N3O8. The van der Waals surface area contributed by atoms with Gasteiger partial charge in [0, 0.05) is 6.42 Å². The molecule has 37 heavy (non-hydrogen) atoms. The number of nitrogens with zero attached hydrogens (tertiary/aromatic N) is 1. The van der Waals surface area contributed by atoms with Crippen molar-refractivity contribution in [3.8, 4) is 0 Å². The number of benzene rings is 1. The summed E-state index contributed by atoms with van der Waals surface area (Å²) >= 11 is 0. The van der Waals surface area contributed by atoms with Gasteiger partial charge in [-0.15, -0.1) is 0 Å². The second-order valence-electron chi connectivity index (χ2n) is 10.2. The highest BCUT2D eigenvalue weighted by Gasteiger charge is 2.70. The number of hydrogen-bond acceptors (Lipinski definition) is 8. The zero-order chi connectivity index (χ0) is 26.7. The van der Waals surface area contributed by atoms with Crippen LogP contribution in [0.4, 0.5) is 9.59 Å². The van der Waals surface area contributed by atoms with Crippen molar-refractivity contribution in [2.45, 2.75) is 88.9 Å². The molecule has 2 heterocycles. The van der Waals surface area contributed by atoms with E-state index in [2.05, 4.69) is 10.6 Å². The first-order chi connectivity index (χ1) is 17.7. The summed E-state index contributed by atoms with van der Waals surface area (Å²) in [5.74, 6) is -1.13. The Balaban J connectivity index is 1.60. The Morgan fingerprint density at radius 3 is 2.62 bits per heavy atom. The molecular weight excluding hydrogens is 482 g/mol. The normalized spacial score (nSPS) is 29.0. The van der Waals surface area contributed by atoms with E-state index >= 15 is 0 Å². The fourth-order valence-corrected chi connectivity index (χ4v) is 5.78. The number of aliphatic hydroxyl groups is 1. The summed E-state index contributed by atoms with van der Waals surface area (Å²) in [6.45, 7) is 5.61. The van der Waals surface area contributed by atoms with Gasteiger partial charge in [-0.2, -0.15) is 0 Å². The maximum Gasteiger partial charge on any atom is 0.408 e. The Bertz CT molecular complexity index is 1020. The van der Waals surface area contributed by atoms with Crippen LogP contribution >= 0.6 is 0 Å². The highest BCUT2D eigenvalue weighted by Crippen LogP contribution is 2.49. The molecule has 0 unspecified atom stereocenters. The molecule has 3 amide bonds. The first-order valence-corrected chi connectivity index (χ1v) is 12.8. The smallest absolute Gasteiger partial charge is 0.408 e. The average Bonchev–Trinajstić information content (AvgIpc) is 3.29. The highest BCUT2D eigenvalue weighted by molar-refractivity contribution is 5.92. The molecule has 0 bridgehead atoms. The topological polar surface area (TPSA) is 143 Å². The second-order valence-corrected chi connectivity index (χ2v) is 10.2. The lowest BCUT2D eigenvalue weighted by Crippen LogP contribution is -2.58. The number of rotatable bonds is 8. The molecule has 3 N–H and O–H groups in total. The minimum absolute atomic E-state index is 0.0320. The minimum atomic E-state index is -1.27. The molecule has 2 aliphatic heterocycles. The summed E-state index contributed by atoms with van der Waals surface area (Å²) in [6.07, 6.45) is -1.13. The fourth-order valence-electron chi connectivity index (χ4n) is 5.78. The van der Waals surface area contributed by atoms with Crippen LogP contribution in [0.2, 0.25) is 0 Å². The summed E-state index contributed by atoms with van der Waals surface area (Å²) in [5.41, 5.74) is -0.465. The van der Waals surface area contributed by atoms with Gasteiger partial charge in [0.2, 0.25) is 5.91 Å². The SMILES string of the molecule is CCOC(=O)[C@H]1[C@@H]2NC(=O)O[C@@]23C[C@H](O)CC[C@H]3N1C(=O)[C@@H](CC(C)C)NC(=O)OCc1ccccc1. The van der Waals surface area contributed by atoms with Gasteiger partial charge in [0.05, 0.1) is 18.8 Å². The van der Waals surface area contributed by atoms with E-state index in [0.29, 0.717) is 19.3 Å². The van der Waals surface area contributed by atoms with Crippen LogP contribution in [0.15, 0.2) is 30.3 Å². The number of aliphatic hydroxyl groups excluding tert-OH is 1. The van der Waals surface area contributed by atoms with Crippen molar-refractivity contribution in [3.63, 3.8) is 0 Å². The molecule has 1 aromatic carbocycles. The van der Waals surface area contributed by atoms with E-state index in [1.54, 1.807) is 6.92 Å². The van der Waals surface area contributed by atoms with E-state index in [0.717, 1.165) is 5.56 Å². The predicted octanol–water partition coefficient (Wildman–Crippen LogP) is 1.86. The van der Waals surface area contributed by atoms with Crippen LogP contribution in [0.3, 0.4) is 0 Å². The Morgan fingerprint density at radius 1 is 1.22 bits per heavy atom. The van der Waals surface area contributed by atoms with Crippen LogP contribution in [0.1, 0.15) is 52.0 Å². The van der Waals surface area contributed by atoms with E-state index in [1.165, 1.54) is 4.90 Å². The van der Waals surface area contributed by atoms with E-state index in [4.69, 9.17) is 14.2 Å². The lowest BCUT2D eigenvalue weighted by molar-refractivity contribution is -0.156. The van der Waals surface area contributed by atoms with Crippen LogP contribution in [0, 0.1) is 5.92 Å². The molecule has 6 atom stereocenters. The third-order valence-corrected chi connectivity index (χ3v) is 7.22. The average molecular weight is 518 g/mol. The second kappa shape index (κ2) is 11.0. The minimum Gasteiger partial charge on any atom is -0.464 e. The molecule has 1 aromatic rings. The number of esters is 1. The number of alkyl carbamates (subject to hydrolysis) is 2. The van der Waals surface area contributed by atoms with Crippen LogP contribution in [-0.2, 0) is 30.4 Å². The summed E-state index contributed by atoms with van der Waals surface area (Å²) in [4.78, 5) is 53.6. The molecule has 2 saturated heterocycles. The molecule has 3 fully saturated rings. The third kappa shape index (κ3) is 5.36. The van der Waals surface area contributed by atoms with Crippen molar-refractivity contribution in [3.05, 3.63) is 35.9 Å². The highest BCUT2D eigenvalue weighted by atomic mass is 16.6. The van der Waals surface area contributed by atoms with Crippen molar-refractivity contribution in [1.29, 1.82) is 0 Å². The van der Waals surface area contributed by atoms with E-state index in [9.17, 15) is 24.3 Å². The number of carbonyl (C=O) groups excluding carboxylic acids is 4. The quantitative estimate of drug-likeness (QED) is 0.350. The zero-order valence-electron chi connectivity index (χ0n) is 21.3. The van der Waals surface area contributed by atoms with Crippen LogP contribution in [0.25, 0.3) is 0 Å². The summed E-state index contributed by atoms with van der Waals surface area (Å²) in [5, 5.41) is 15.8. The van der Waals surface area contributed by atoms with E-state index in [1.807, 2.05) is 44.2 Å². The van der Waals surface area contributed by atoms with Crippen LogP contribution in [-0.4, -0.2) is 76.5 Å². The van der Waals surface area contributed by atoms with E-state index in [-0.39, 0.29) is 25.6 Å². The Morgan fingerprint density at radius 2 is 1.95 bits per heavy atom. The molecule has 1 aliphatic carbocycles. The largest absolute Gasteiger partial charge is 0.464 e. The molecule has 3 aliphatic rings. The van der Waals surface area contributed by atoms with Crippen molar-refractivity contribution in [2.24, 2.45) is 5.92 Å². The van der Waals surface area contributed by atoms with Crippen molar-refractivity contribution in [1.82, 2.24) is 15.5 Å². The van der Waals surface area contributed by atoms with Gasteiger partial charge < -0.3 is 34.9 Å². The Kier molecular flexibility index (Phi) is 7.91. The third-order valence-electron chi connectivity index (χ3n) is 7.22. The number of nitrogens with one attached hydrogen (secondary N) is 2. The van der Waals surface area contributed by atoms with Crippen LogP contribution < -0.4 is 10.6 Å². The lowest BCUT2D eigenvalue weighted by Gasteiger charge is -2.41. The van der Waals surface area contributed by atoms with Gasteiger partial charge in [-0.25, -0.2) is 14.4 Å². The lowest BCUT2D eigenvalue weighted by atomic mass is 9.76. The summed E-state index contributed by atoms with van der Waals surface area (Å²) in [6, 6.07) is 5.47. The molecule has 202 valence electrons. The predicted molar refractivity (Wildman–Crippen MR) is 130 cm³/mol. The van der Waals surface area contributed by atoms with Crippen molar-refractivity contribution >= 4 is 24.1 Å². The van der Waals surface area contributed by atoms with Gasteiger partial charge in [0.25, 0.3) is 0 Å². The molecule has 0 aromatic heterocycles. The maximum atomic E-state index is 14.1. The number of carbonyl (C=O) groups is 4. The van der Waals surface area contributed by atoms with Crippen molar-refractivity contribution in [2.75, 3.05) is 6.61 Å². The van der Waals surface area contributed by atoms with Gasteiger partial charge >= 0.3 is 18.2 Å². The van der Waals surface area contributed by atoms with Gasteiger partial charge in [0.1, 0.15) is 18.7 Å². The Hall–Kier alpha value is -3.34. The molecule has 0 radical (unpaired) electrons. The number of ether oxygens (including phenoxy) is 3. The van der Waals surface area contributed by atoms with E-state index < -0.39 is 59.9 Å². The van der Waals surface area contributed by atoms with Gasteiger partial charge in [-0.3, -0.25) is 4.79 Å². The van der Waals surface area contributed by atoms with Gasteiger partial charge in [-0.1, -0.05) is 44.2 Å². The molecule has 4 rings (SSSR count). The zero-order valence-corrected chi connectivity index (χ0v) is 21.3. The molecule has 11 heteroatoms. The Labute approximate surface area is 215 Å². The molecule has 1 saturated carbocycles. The number of likely N-dealkylation sites (tertiary alicyclic amines) is 1. The van der Waals surface area contributed by atoms with Gasteiger partial charge in [-0.05, 0) is 37.7 Å². The first-order valence-electron chi connectivity index (χ1n) is 12.8. The fraction of sp³-hybridized carbons (Fsp3) is 0.615. The van der Waals surface area contributed by atoms with Crippen LogP contribution in [0.5, 0.6) is 0 Å². The summed E-state index contributed by atoms with van der Waals surface area (Å²) in [7, 11) is 0. The summed E-state index contributed by atoms with van der Waals surface area (Å²) < 4.78 is 16.3. The molecule has 11 nitrogen and oxygen atoms in total. The maximum absolute atomic E-state index is 14.1. The number of hydrogen-bond donors (Lipinski definition) is 3. The van der Waals surface area contributed by atoms with Gasteiger partial charge in [0.15, 0.2) is 11.6 Å². The number of amides is 3. The molecule has 1 spiro atoms.